The van der Waals surface area contributed by atoms with Crippen molar-refractivity contribution in [3.05, 3.63) is 82.1 Å². The van der Waals surface area contributed by atoms with E-state index < -0.39 is 11.5 Å². The molecule has 0 unspecified atom stereocenters. The zero-order valence-electron chi connectivity index (χ0n) is 15.9. The normalized spacial score (nSPS) is 11.2. The third kappa shape index (κ3) is 2.77. The summed E-state index contributed by atoms with van der Waals surface area (Å²) in [6.45, 7) is 0. The molecule has 0 fully saturated rings. The van der Waals surface area contributed by atoms with Crippen molar-refractivity contribution in [3.63, 3.8) is 0 Å². The summed E-state index contributed by atoms with van der Waals surface area (Å²) in [5.74, 6) is -0.608. The molecule has 0 saturated heterocycles. The third-order valence-corrected chi connectivity index (χ3v) is 5.93. The Morgan fingerprint density at radius 2 is 1.83 bits per heavy atom. The van der Waals surface area contributed by atoms with Gasteiger partial charge in [-0.25, -0.2) is 9.78 Å². The van der Waals surface area contributed by atoms with Crippen molar-refractivity contribution in [3.8, 4) is 11.4 Å². The van der Waals surface area contributed by atoms with Gasteiger partial charge in [-0.05, 0) is 36.4 Å². The lowest BCUT2D eigenvalue weighted by Crippen LogP contribution is -2.22. The Hall–Kier alpha value is -3.91. The van der Waals surface area contributed by atoms with Gasteiger partial charge in [-0.15, -0.1) is 11.3 Å². The van der Waals surface area contributed by atoms with Gasteiger partial charge < -0.3 is 15.0 Å². The Morgan fingerprint density at radius 3 is 2.60 bits per heavy atom. The van der Waals surface area contributed by atoms with Gasteiger partial charge in [0.05, 0.1) is 23.8 Å². The van der Waals surface area contributed by atoms with E-state index in [9.17, 15) is 9.59 Å². The molecule has 0 bridgehead atoms. The number of esters is 1. The quantitative estimate of drug-likeness (QED) is 0.452. The lowest BCUT2D eigenvalue weighted by Gasteiger charge is -2.10. The van der Waals surface area contributed by atoms with Crippen molar-refractivity contribution < 1.29 is 9.53 Å². The number of hydrogen-bond acceptors (Lipinski definition) is 6. The van der Waals surface area contributed by atoms with Crippen LogP contribution in [0.1, 0.15) is 9.67 Å². The second-order valence-electron chi connectivity index (χ2n) is 6.69. The highest BCUT2D eigenvalue weighted by Gasteiger charge is 2.18. The highest BCUT2D eigenvalue weighted by Crippen LogP contribution is 2.28. The smallest absolute Gasteiger partial charge is 0.348 e. The van der Waals surface area contributed by atoms with Crippen molar-refractivity contribution in [2.45, 2.75) is 0 Å². The number of hydrogen-bond donors (Lipinski definition) is 1. The standard InChI is InChI=1S/C22H16N4O3S/c1-29-22(28)18-12-17-20(30-18)24-19(23)21(27)26(17)15-8-7-13-9-10-25(16(13)11-15)14-5-3-2-4-6-14/h2-12H,1H3,(H2,23,24). The topological polar surface area (TPSA) is 92.1 Å². The Balaban J connectivity index is 1.78. The van der Waals surface area contributed by atoms with Crippen LogP contribution >= 0.6 is 11.3 Å². The molecule has 3 aromatic heterocycles. The van der Waals surface area contributed by atoms with Crippen LogP contribution in [0, 0.1) is 0 Å². The van der Waals surface area contributed by atoms with Crippen LogP contribution in [0.15, 0.2) is 71.7 Å². The number of carbonyl (C=O) groups excluding carboxylic acids is 1. The Bertz CT molecular complexity index is 1480. The van der Waals surface area contributed by atoms with Crippen LogP contribution in [0.3, 0.4) is 0 Å². The molecule has 0 saturated carbocycles. The fourth-order valence-corrected chi connectivity index (χ4v) is 4.46. The molecule has 0 radical (unpaired) electrons. The van der Waals surface area contributed by atoms with Gasteiger partial charge in [0, 0.05) is 17.3 Å². The molecule has 3 heterocycles. The lowest BCUT2D eigenvalue weighted by molar-refractivity contribution is 0.0606. The fourth-order valence-electron chi connectivity index (χ4n) is 3.52. The molecule has 5 rings (SSSR count). The van der Waals surface area contributed by atoms with Gasteiger partial charge in [-0.1, -0.05) is 24.3 Å². The fraction of sp³-hybridized carbons (Fsp3) is 0.0455. The molecule has 0 aliphatic heterocycles. The number of aromatic nitrogens is 3. The first-order valence-corrected chi connectivity index (χ1v) is 9.96. The number of methoxy groups -OCH3 is 1. The highest BCUT2D eigenvalue weighted by atomic mass is 32.1. The zero-order chi connectivity index (χ0) is 20.8. The van der Waals surface area contributed by atoms with Crippen molar-refractivity contribution >= 4 is 44.4 Å². The number of carbonyl (C=O) groups is 1. The van der Waals surface area contributed by atoms with E-state index in [1.165, 1.54) is 11.7 Å². The predicted molar refractivity (Wildman–Crippen MR) is 118 cm³/mol. The number of nitrogen functional groups attached to an aromatic ring is 1. The van der Waals surface area contributed by atoms with Gasteiger partial charge in [-0.2, -0.15) is 0 Å². The number of benzene rings is 2. The number of para-hydroxylation sites is 1. The largest absolute Gasteiger partial charge is 0.465 e. The van der Waals surface area contributed by atoms with Crippen LogP contribution in [0.25, 0.3) is 32.6 Å². The van der Waals surface area contributed by atoms with E-state index in [1.54, 1.807) is 6.07 Å². The number of rotatable bonds is 3. The summed E-state index contributed by atoms with van der Waals surface area (Å²) in [6, 6.07) is 19.3. The number of thiophene rings is 1. The monoisotopic (exact) mass is 416 g/mol. The number of nitrogens with two attached hydrogens (primary N) is 1. The number of nitrogens with zero attached hydrogens (tertiary/aromatic N) is 3. The molecule has 7 nitrogen and oxygen atoms in total. The predicted octanol–water partition coefficient (Wildman–Crippen LogP) is 3.76. The van der Waals surface area contributed by atoms with Crippen LogP contribution in [0.5, 0.6) is 0 Å². The number of fused-ring (bicyclic) bond motifs is 2. The molecule has 2 aromatic carbocycles. The van der Waals surface area contributed by atoms with Gasteiger partial charge in [0.2, 0.25) is 0 Å². The van der Waals surface area contributed by atoms with Crippen molar-refractivity contribution in [1.82, 2.24) is 14.1 Å². The maximum absolute atomic E-state index is 12.9. The molecule has 5 aromatic rings. The molecule has 0 aliphatic carbocycles. The van der Waals surface area contributed by atoms with Crippen LogP contribution in [-0.4, -0.2) is 27.2 Å². The highest BCUT2D eigenvalue weighted by molar-refractivity contribution is 7.20. The summed E-state index contributed by atoms with van der Waals surface area (Å²) in [7, 11) is 1.31. The molecule has 30 heavy (non-hydrogen) atoms. The van der Waals surface area contributed by atoms with E-state index in [4.69, 9.17) is 10.5 Å². The summed E-state index contributed by atoms with van der Waals surface area (Å²) in [5.41, 5.74) is 8.56. The van der Waals surface area contributed by atoms with E-state index in [-0.39, 0.29) is 5.82 Å². The van der Waals surface area contributed by atoms with Crippen LogP contribution in [-0.2, 0) is 4.74 Å². The Morgan fingerprint density at radius 1 is 1.03 bits per heavy atom. The minimum Gasteiger partial charge on any atom is -0.465 e. The molecule has 0 aliphatic rings. The van der Waals surface area contributed by atoms with E-state index in [0.717, 1.165) is 27.9 Å². The second kappa shape index (κ2) is 6.85. The minimum absolute atomic E-state index is 0.126. The molecule has 2 N–H and O–H groups in total. The maximum Gasteiger partial charge on any atom is 0.348 e. The molecule has 0 atom stereocenters. The second-order valence-corrected chi connectivity index (χ2v) is 7.73. The van der Waals surface area contributed by atoms with E-state index in [0.29, 0.717) is 20.9 Å². The number of ether oxygens (including phenoxy) is 1. The summed E-state index contributed by atoms with van der Waals surface area (Å²) in [4.78, 5) is 29.9. The Kier molecular flexibility index (Phi) is 4.14. The molecule has 8 heteroatoms. The van der Waals surface area contributed by atoms with Crippen LogP contribution in [0.2, 0.25) is 0 Å². The van der Waals surface area contributed by atoms with Gasteiger partial charge in [0.25, 0.3) is 5.56 Å². The molecule has 148 valence electrons. The summed E-state index contributed by atoms with van der Waals surface area (Å²) >= 11 is 1.14. The summed E-state index contributed by atoms with van der Waals surface area (Å²) < 4.78 is 8.35. The summed E-state index contributed by atoms with van der Waals surface area (Å²) in [6.07, 6.45) is 1.99. The first kappa shape index (κ1) is 18.1. The Labute approximate surface area is 174 Å². The lowest BCUT2D eigenvalue weighted by atomic mass is 10.2. The SMILES string of the molecule is COC(=O)c1cc2c(nc(N)c(=O)n2-c2ccc3ccn(-c4ccccc4)c3c2)s1. The first-order chi connectivity index (χ1) is 14.6. The van der Waals surface area contributed by atoms with Crippen molar-refractivity contribution in [1.29, 1.82) is 0 Å². The third-order valence-electron chi connectivity index (χ3n) is 4.93. The van der Waals surface area contributed by atoms with E-state index in [2.05, 4.69) is 9.55 Å². The summed E-state index contributed by atoms with van der Waals surface area (Å²) in [5, 5.41) is 1.04. The van der Waals surface area contributed by atoms with Gasteiger partial charge >= 0.3 is 5.97 Å². The van der Waals surface area contributed by atoms with Crippen molar-refractivity contribution in [2.24, 2.45) is 0 Å². The van der Waals surface area contributed by atoms with Gasteiger partial charge in [0.15, 0.2) is 5.82 Å². The van der Waals surface area contributed by atoms with Crippen LogP contribution < -0.4 is 11.3 Å². The zero-order valence-corrected chi connectivity index (χ0v) is 16.7. The average molecular weight is 416 g/mol. The molecular weight excluding hydrogens is 400 g/mol. The van der Waals surface area contributed by atoms with Gasteiger partial charge in [0.1, 0.15) is 9.71 Å². The maximum atomic E-state index is 12.9. The van der Waals surface area contributed by atoms with Crippen molar-refractivity contribution in [2.75, 3.05) is 12.8 Å². The van der Waals surface area contributed by atoms with Gasteiger partial charge in [-0.3, -0.25) is 9.36 Å². The molecule has 0 amide bonds. The molecular formula is C22H16N4O3S. The van der Waals surface area contributed by atoms with Crippen LogP contribution in [0.4, 0.5) is 5.82 Å². The van der Waals surface area contributed by atoms with E-state index >= 15 is 0 Å². The first-order valence-electron chi connectivity index (χ1n) is 9.14. The van der Waals surface area contributed by atoms with E-state index in [1.807, 2.05) is 60.8 Å². The minimum atomic E-state index is -0.482. The number of anilines is 1. The molecule has 0 spiro atoms. The average Bonchev–Trinajstić information content (AvgIpc) is 3.38.